The third kappa shape index (κ3) is 11.4. The fourth-order valence-electron chi connectivity index (χ4n) is 4.46. The number of nitrogens with zero attached hydrogens (tertiary/aromatic N) is 2. The van der Waals surface area contributed by atoms with Crippen molar-refractivity contribution in [2.24, 2.45) is 0 Å². The average Bonchev–Trinajstić information content (AvgIpc) is 3.17. The van der Waals surface area contributed by atoms with Gasteiger partial charge in [0.25, 0.3) is 0 Å². The molecular formula is C38H34N2O12. The highest BCUT2D eigenvalue weighted by Gasteiger charge is 2.22. The van der Waals surface area contributed by atoms with Gasteiger partial charge >= 0.3 is 35.8 Å². The third-order valence-electron chi connectivity index (χ3n) is 6.87. The van der Waals surface area contributed by atoms with Crippen LogP contribution >= 0.6 is 0 Å². The van der Waals surface area contributed by atoms with Crippen LogP contribution in [0.4, 0.5) is 0 Å². The summed E-state index contributed by atoms with van der Waals surface area (Å²) in [6.45, 7) is 5.80. The second-order valence-corrected chi connectivity index (χ2v) is 10.5. The van der Waals surface area contributed by atoms with E-state index in [0.717, 1.165) is 12.2 Å². The Hall–Kier alpha value is -6.70. The molecule has 0 spiro atoms. The minimum atomic E-state index is -0.783. The summed E-state index contributed by atoms with van der Waals surface area (Å²) in [6, 6.07) is 21.1. The van der Waals surface area contributed by atoms with Crippen molar-refractivity contribution >= 4 is 46.8 Å². The lowest BCUT2D eigenvalue weighted by atomic mass is 10.0. The maximum Gasteiger partial charge on any atom is 0.330 e. The molecule has 52 heavy (non-hydrogen) atoms. The number of rotatable bonds is 18. The van der Waals surface area contributed by atoms with Gasteiger partial charge in [-0.2, -0.15) is 0 Å². The fraction of sp³-hybridized carbons (Fsp3) is 0.211. The van der Waals surface area contributed by atoms with E-state index >= 15 is 0 Å². The Balaban J connectivity index is 1.57. The molecule has 3 aromatic carbocycles. The monoisotopic (exact) mass is 710 g/mol. The molecule has 0 radical (unpaired) electrons. The molecular weight excluding hydrogens is 676 g/mol. The molecule has 0 N–H and O–H groups in total. The van der Waals surface area contributed by atoms with Crippen LogP contribution in [0.2, 0.25) is 0 Å². The minimum absolute atomic E-state index is 0.0190. The fourth-order valence-corrected chi connectivity index (χ4v) is 4.46. The van der Waals surface area contributed by atoms with Crippen molar-refractivity contribution in [2.75, 3.05) is 26.4 Å². The number of carbonyl (C=O) groups excluding carboxylic acids is 6. The highest BCUT2D eigenvalue weighted by Crippen LogP contribution is 2.37. The van der Waals surface area contributed by atoms with Gasteiger partial charge in [-0.25, -0.2) is 19.6 Å². The lowest BCUT2D eigenvalue weighted by Gasteiger charge is -2.15. The molecule has 0 aliphatic carbocycles. The first kappa shape index (κ1) is 38.1. The Morgan fingerprint density at radius 3 is 1.19 bits per heavy atom. The second-order valence-electron chi connectivity index (χ2n) is 10.5. The number of hydrogen-bond acceptors (Lipinski definition) is 14. The van der Waals surface area contributed by atoms with E-state index in [4.69, 9.17) is 38.4 Å². The van der Waals surface area contributed by atoms with E-state index in [2.05, 4.69) is 13.2 Å². The molecule has 14 heteroatoms. The summed E-state index contributed by atoms with van der Waals surface area (Å²) in [5.41, 5.74) is 2.46. The van der Waals surface area contributed by atoms with Gasteiger partial charge in [-0.05, 0) is 12.1 Å². The molecule has 0 amide bonds. The number of aromatic nitrogens is 2. The van der Waals surface area contributed by atoms with Crippen molar-refractivity contribution in [1.82, 2.24) is 9.97 Å². The summed E-state index contributed by atoms with van der Waals surface area (Å²) < 4.78 is 30.7. The van der Waals surface area contributed by atoms with Gasteiger partial charge in [0.2, 0.25) is 0 Å². The highest BCUT2D eigenvalue weighted by atomic mass is 16.6. The summed E-state index contributed by atoms with van der Waals surface area (Å²) in [5, 5.41) is 0. The van der Waals surface area contributed by atoms with Crippen LogP contribution in [-0.4, -0.2) is 72.2 Å². The van der Waals surface area contributed by atoms with Crippen LogP contribution in [0.25, 0.3) is 33.5 Å². The van der Waals surface area contributed by atoms with Crippen LogP contribution in [-0.2, 0) is 47.7 Å². The molecule has 4 aromatic rings. The van der Waals surface area contributed by atoms with Crippen molar-refractivity contribution in [2.45, 2.75) is 25.7 Å². The van der Waals surface area contributed by atoms with E-state index in [9.17, 15) is 28.8 Å². The molecule has 4 rings (SSSR count). The molecule has 1 aromatic heterocycles. The third-order valence-corrected chi connectivity index (χ3v) is 6.87. The maximum absolute atomic E-state index is 12.9. The van der Waals surface area contributed by atoms with Gasteiger partial charge in [0, 0.05) is 23.3 Å². The minimum Gasteiger partial charge on any atom is -0.462 e. The topological polar surface area (TPSA) is 184 Å². The Bertz CT molecular complexity index is 1800. The quantitative estimate of drug-likeness (QED) is 0.0447. The molecule has 0 saturated heterocycles. The normalized spacial score (nSPS) is 10.4. The summed E-state index contributed by atoms with van der Waals surface area (Å²) in [5.74, 6) is -4.35. The number of hydrogen-bond donors (Lipinski definition) is 0. The van der Waals surface area contributed by atoms with E-state index in [1.807, 2.05) is 60.7 Å². The van der Waals surface area contributed by atoms with Gasteiger partial charge < -0.3 is 28.4 Å². The number of esters is 6. The smallest absolute Gasteiger partial charge is 0.330 e. The first-order valence-electron chi connectivity index (χ1n) is 15.9. The summed E-state index contributed by atoms with van der Waals surface area (Å²) >= 11 is 0. The number of benzene rings is 3. The number of fused-ring (bicyclic) bond motifs is 1. The molecule has 14 nitrogen and oxygen atoms in total. The van der Waals surface area contributed by atoms with Gasteiger partial charge in [-0.1, -0.05) is 73.8 Å². The first-order chi connectivity index (χ1) is 25.2. The molecule has 0 aliphatic rings. The maximum atomic E-state index is 12.9. The molecule has 0 bridgehead atoms. The van der Waals surface area contributed by atoms with Gasteiger partial charge in [0.05, 0.1) is 37.1 Å². The predicted octanol–water partition coefficient (Wildman–Crippen LogP) is 4.88. The summed E-state index contributed by atoms with van der Waals surface area (Å²) in [6.07, 6.45) is 0.620. The van der Waals surface area contributed by atoms with E-state index in [-0.39, 0.29) is 74.6 Å². The van der Waals surface area contributed by atoms with Gasteiger partial charge in [0.1, 0.15) is 37.5 Å². The van der Waals surface area contributed by atoms with E-state index < -0.39 is 35.8 Å². The van der Waals surface area contributed by atoms with Crippen LogP contribution in [0, 0.1) is 0 Å². The van der Waals surface area contributed by atoms with Crippen molar-refractivity contribution in [3.8, 4) is 34.0 Å². The largest absolute Gasteiger partial charge is 0.462 e. The standard InChI is InChI=1S/C38H34N2O12/c1-3-29(41)47-21-23-49-31(43)17-19-33(45)51-27-15-16-28(52-34(46)20-18-32(44)50-24-22-48-30(42)4-2)38-37(27)39-35(25-11-7-5-8-12-25)36(40-38)26-13-9-6-10-14-26/h3-16H,1-2,17-24H2. The van der Waals surface area contributed by atoms with Crippen molar-refractivity contribution in [3.05, 3.63) is 98.1 Å². The van der Waals surface area contributed by atoms with Gasteiger partial charge in [0.15, 0.2) is 11.5 Å². The number of ether oxygens (including phenoxy) is 6. The Kier molecular flexibility index (Phi) is 14.3. The van der Waals surface area contributed by atoms with Crippen LogP contribution in [0.5, 0.6) is 11.5 Å². The predicted molar refractivity (Wildman–Crippen MR) is 184 cm³/mol. The number of carbonyl (C=O) groups is 6. The van der Waals surface area contributed by atoms with Crippen molar-refractivity contribution < 1.29 is 57.2 Å². The summed E-state index contributed by atoms with van der Waals surface area (Å²) in [4.78, 5) is 82.0. The van der Waals surface area contributed by atoms with Crippen LogP contribution < -0.4 is 9.47 Å². The second kappa shape index (κ2) is 19.5. The Morgan fingerprint density at radius 1 is 0.481 bits per heavy atom. The van der Waals surface area contributed by atoms with E-state index in [1.54, 1.807) is 0 Å². The lowest BCUT2D eigenvalue weighted by molar-refractivity contribution is -0.151. The summed E-state index contributed by atoms with van der Waals surface area (Å²) in [7, 11) is 0. The molecule has 0 unspecified atom stereocenters. The van der Waals surface area contributed by atoms with Crippen LogP contribution in [0.15, 0.2) is 98.1 Å². The van der Waals surface area contributed by atoms with E-state index in [1.165, 1.54) is 12.1 Å². The SMILES string of the molecule is C=CC(=O)OCCOC(=O)CCC(=O)Oc1ccc(OC(=O)CCC(=O)OCCOC(=O)C=C)c2nc(-c3ccccc3)c(-c3ccccc3)nc12. The lowest BCUT2D eigenvalue weighted by Crippen LogP contribution is -2.16. The van der Waals surface area contributed by atoms with Gasteiger partial charge in [-0.3, -0.25) is 19.2 Å². The molecule has 0 atom stereocenters. The Morgan fingerprint density at radius 2 is 0.827 bits per heavy atom. The van der Waals surface area contributed by atoms with Gasteiger partial charge in [-0.15, -0.1) is 0 Å². The van der Waals surface area contributed by atoms with Crippen LogP contribution in [0.3, 0.4) is 0 Å². The first-order valence-corrected chi connectivity index (χ1v) is 15.9. The molecule has 0 fully saturated rings. The molecule has 268 valence electrons. The molecule has 1 heterocycles. The van der Waals surface area contributed by atoms with Crippen molar-refractivity contribution in [1.29, 1.82) is 0 Å². The molecule has 0 aliphatic heterocycles. The highest BCUT2D eigenvalue weighted by molar-refractivity contribution is 5.95. The zero-order valence-corrected chi connectivity index (χ0v) is 27.9. The zero-order chi connectivity index (χ0) is 37.3. The molecule has 0 saturated carbocycles. The zero-order valence-electron chi connectivity index (χ0n) is 27.9. The van der Waals surface area contributed by atoms with Crippen LogP contribution in [0.1, 0.15) is 25.7 Å². The van der Waals surface area contributed by atoms with Crippen molar-refractivity contribution in [3.63, 3.8) is 0 Å². The van der Waals surface area contributed by atoms with E-state index in [0.29, 0.717) is 22.5 Å². The Labute approximate surface area is 298 Å². The average molecular weight is 711 g/mol.